The van der Waals surface area contributed by atoms with Gasteiger partial charge in [-0.1, -0.05) is 48.0 Å². The van der Waals surface area contributed by atoms with Gasteiger partial charge in [0.25, 0.3) is 0 Å². The van der Waals surface area contributed by atoms with Gasteiger partial charge in [-0.15, -0.1) is 0 Å². The number of carboxylic acid groups (broad SMARTS) is 1. The van der Waals surface area contributed by atoms with Gasteiger partial charge < -0.3 is 9.84 Å². The predicted octanol–water partition coefficient (Wildman–Crippen LogP) is 5.44. The van der Waals surface area contributed by atoms with Crippen LogP contribution < -0.4 is 0 Å². The van der Waals surface area contributed by atoms with E-state index in [1.807, 2.05) is 13.8 Å². The molecule has 0 spiro atoms. The van der Waals surface area contributed by atoms with Gasteiger partial charge in [0.1, 0.15) is 5.60 Å². The van der Waals surface area contributed by atoms with Gasteiger partial charge in [0.2, 0.25) is 0 Å². The second kappa shape index (κ2) is 6.83. The van der Waals surface area contributed by atoms with Gasteiger partial charge in [0.05, 0.1) is 10.8 Å². The Morgan fingerprint density at radius 2 is 1.69 bits per heavy atom. The summed E-state index contributed by atoms with van der Waals surface area (Å²) in [5, 5.41) is 10.0. The molecule has 2 rings (SSSR count). The van der Waals surface area contributed by atoms with Gasteiger partial charge >= 0.3 is 11.9 Å². The number of fused-ring (bicyclic) bond motifs is 2. The normalized spacial score (nSPS) is 36.9. The van der Waals surface area contributed by atoms with Crippen LogP contribution in [0.4, 0.5) is 0 Å². The smallest absolute Gasteiger partial charge is 0.312 e. The van der Waals surface area contributed by atoms with Crippen molar-refractivity contribution in [2.75, 3.05) is 0 Å². The van der Waals surface area contributed by atoms with E-state index in [2.05, 4.69) is 34.6 Å². The Morgan fingerprint density at radius 3 is 2.15 bits per heavy atom. The molecule has 2 bridgehead atoms. The highest BCUT2D eigenvalue weighted by Crippen LogP contribution is 2.58. The molecule has 4 heteroatoms. The third-order valence-corrected chi connectivity index (χ3v) is 7.61. The summed E-state index contributed by atoms with van der Waals surface area (Å²) >= 11 is 0. The van der Waals surface area contributed by atoms with Gasteiger partial charge in [-0.2, -0.15) is 0 Å². The quantitative estimate of drug-likeness (QED) is 0.658. The molecule has 5 unspecified atom stereocenters. The summed E-state index contributed by atoms with van der Waals surface area (Å²) in [7, 11) is 0. The summed E-state index contributed by atoms with van der Waals surface area (Å²) in [5.41, 5.74) is -2.14. The molecule has 0 aliphatic heterocycles. The molecule has 0 saturated heterocycles. The van der Waals surface area contributed by atoms with Gasteiger partial charge in [0.15, 0.2) is 0 Å². The van der Waals surface area contributed by atoms with Crippen molar-refractivity contribution < 1.29 is 19.4 Å². The largest absolute Gasteiger partial charge is 0.481 e. The number of carbonyl (C=O) groups is 2. The second-order valence-corrected chi connectivity index (χ2v) is 10.5. The molecule has 2 fully saturated rings. The van der Waals surface area contributed by atoms with E-state index in [-0.39, 0.29) is 17.3 Å². The van der Waals surface area contributed by atoms with Crippen LogP contribution in [0.1, 0.15) is 93.4 Å². The van der Waals surface area contributed by atoms with Crippen LogP contribution in [0, 0.1) is 28.1 Å². The number of hydrogen-bond donors (Lipinski definition) is 1. The molecule has 2 aliphatic carbocycles. The Bertz CT molecular complexity index is 563. The molecule has 0 aromatic heterocycles. The zero-order valence-corrected chi connectivity index (χ0v) is 17.8. The summed E-state index contributed by atoms with van der Waals surface area (Å²) in [6.45, 7) is 14.5. The molecule has 5 atom stereocenters. The molecule has 0 aromatic carbocycles. The predicted molar refractivity (Wildman–Crippen MR) is 103 cm³/mol. The topological polar surface area (TPSA) is 63.6 Å². The number of hydrogen-bond acceptors (Lipinski definition) is 3. The lowest BCUT2D eigenvalue weighted by atomic mass is 9.54. The van der Waals surface area contributed by atoms with Crippen molar-refractivity contribution in [1.82, 2.24) is 0 Å². The Kier molecular flexibility index (Phi) is 5.58. The van der Waals surface area contributed by atoms with E-state index in [4.69, 9.17) is 4.74 Å². The van der Waals surface area contributed by atoms with Gasteiger partial charge in [-0.05, 0) is 56.3 Å². The van der Waals surface area contributed by atoms with Gasteiger partial charge in [-0.25, -0.2) is 0 Å². The van der Waals surface area contributed by atoms with E-state index in [1.54, 1.807) is 0 Å². The fourth-order valence-electron chi connectivity index (χ4n) is 5.55. The van der Waals surface area contributed by atoms with Crippen LogP contribution in [-0.4, -0.2) is 22.6 Å². The van der Waals surface area contributed by atoms with Crippen molar-refractivity contribution in [3.05, 3.63) is 0 Å². The van der Waals surface area contributed by atoms with Crippen LogP contribution in [0.2, 0.25) is 0 Å². The summed E-state index contributed by atoms with van der Waals surface area (Å²) in [4.78, 5) is 25.5. The Morgan fingerprint density at radius 1 is 1.08 bits per heavy atom. The number of ether oxygens (including phenoxy) is 1. The highest BCUT2D eigenvalue weighted by molar-refractivity contribution is 5.78. The molecule has 0 radical (unpaired) electrons. The maximum Gasteiger partial charge on any atom is 0.312 e. The van der Waals surface area contributed by atoms with Crippen LogP contribution in [0.3, 0.4) is 0 Å². The molecule has 150 valence electrons. The first-order valence-electron chi connectivity index (χ1n) is 10.3. The monoisotopic (exact) mass is 366 g/mol. The molecule has 4 nitrogen and oxygen atoms in total. The van der Waals surface area contributed by atoms with Crippen molar-refractivity contribution >= 4 is 11.9 Å². The first-order chi connectivity index (χ1) is 11.8. The van der Waals surface area contributed by atoms with Crippen molar-refractivity contribution in [3.8, 4) is 0 Å². The van der Waals surface area contributed by atoms with E-state index in [0.717, 1.165) is 19.3 Å². The standard InChI is InChI=1S/C22H38O4/c1-8-16-12-21(17(23)24)10-15(3)11-22(13-16,14-21)26-18(25)20(7,9-2)19(4,5)6/h15-16H,8-14H2,1-7H3,(H,23,24). The highest BCUT2D eigenvalue weighted by Gasteiger charge is 2.59. The molecular formula is C22H38O4. The van der Waals surface area contributed by atoms with Crippen LogP contribution in [0.15, 0.2) is 0 Å². The summed E-state index contributed by atoms with van der Waals surface area (Å²) in [6, 6.07) is 0. The number of aliphatic carboxylic acids is 1. The lowest BCUT2D eigenvalue weighted by Gasteiger charge is -2.55. The summed E-state index contributed by atoms with van der Waals surface area (Å²) in [5.74, 6) is -0.301. The zero-order chi connectivity index (χ0) is 20.0. The number of rotatable bonds is 5. The van der Waals surface area contributed by atoms with Crippen LogP contribution in [0.5, 0.6) is 0 Å². The number of esters is 1. The molecule has 2 aliphatic rings. The Labute approximate surface area is 159 Å². The number of carbonyl (C=O) groups excluding carboxylic acids is 1. The van der Waals surface area contributed by atoms with E-state index in [0.29, 0.717) is 31.6 Å². The molecule has 1 N–H and O–H groups in total. The van der Waals surface area contributed by atoms with E-state index >= 15 is 0 Å². The van der Waals surface area contributed by atoms with Crippen molar-refractivity contribution in [2.24, 2.45) is 28.1 Å². The molecule has 2 saturated carbocycles. The van der Waals surface area contributed by atoms with Gasteiger partial charge in [0, 0.05) is 6.42 Å². The molecular weight excluding hydrogens is 328 g/mol. The van der Waals surface area contributed by atoms with Crippen molar-refractivity contribution in [2.45, 2.75) is 99.0 Å². The minimum Gasteiger partial charge on any atom is -0.481 e. The second-order valence-electron chi connectivity index (χ2n) is 10.5. The molecule has 26 heavy (non-hydrogen) atoms. The van der Waals surface area contributed by atoms with Gasteiger partial charge in [-0.3, -0.25) is 9.59 Å². The SMILES string of the molecule is CCC1CC2(OC(=O)C(C)(CC)C(C)(C)C)CC(C)CC(C(=O)O)(C1)C2. The van der Waals surface area contributed by atoms with Crippen LogP contribution in [-0.2, 0) is 14.3 Å². The fourth-order valence-corrected chi connectivity index (χ4v) is 5.55. The average molecular weight is 367 g/mol. The van der Waals surface area contributed by atoms with Crippen molar-refractivity contribution in [1.29, 1.82) is 0 Å². The minimum absolute atomic E-state index is 0.155. The third-order valence-electron chi connectivity index (χ3n) is 7.61. The Hall–Kier alpha value is -1.06. The summed E-state index contributed by atoms with van der Waals surface area (Å²) < 4.78 is 6.31. The van der Waals surface area contributed by atoms with E-state index in [1.165, 1.54) is 0 Å². The van der Waals surface area contributed by atoms with Crippen LogP contribution in [0.25, 0.3) is 0 Å². The molecule has 0 aromatic rings. The minimum atomic E-state index is -0.735. The number of carboxylic acids is 1. The lowest BCUT2D eigenvalue weighted by Crippen LogP contribution is -2.57. The fraction of sp³-hybridized carbons (Fsp3) is 0.909. The van der Waals surface area contributed by atoms with E-state index in [9.17, 15) is 14.7 Å². The first-order valence-corrected chi connectivity index (χ1v) is 10.3. The molecule has 0 heterocycles. The van der Waals surface area contributed by atoms with Crippen molar-refractivity contribution in [3.63, 3.8) is 0 Å². The first kappa shape index (κ1) is 21.2. The third kappa shape index (κ3) is 3.53. The zero-order valence-electron chi connectivity index (χ0n) is 17.8. The highest BCUT2D eigenvalue weighted by atomic mass is 16.6. The maximum atomic E-state index is 13.3. The van der Waals surface area contributed by atoms with E-state index < -0.39 is 22.4 Å². The summed E-state index contributed by atoms with van der Waals surface area (Å²) in [6.07, 6.45) is 5.13. The van der Waals surface area contributed by atoms with Crippen LogP contribution >= 0.6 is 0 Å². The maximum absolute atomic E-state index is 13.3. The Balaban J connectivity index is 2.38. The molecule has 0 amide bonds. The lowest BCUT2D eigenvalue weighted by molar-refractivity contribution is -0.207. The average Bonchev–Trinajstić information content (AvgIpc) is 2.50.